The fourth-order valence-corrected chi connectivity index (χ4v) is 3.27. The average molecular weight is 272 g/mol. The second kappa shape index (κ2) is 5.88. The van der Waals surface area contributed by atoms with Crippen LogP contribution >= 0.6 is 0 Å². The zero-order chi connectivity index (χ0) is 13.9. The third-order valence-electron chi connectivity index (χ3n) is 4.32. The molecule has 2 aromatic rings. The highest BCUT2D eigenvalue weighted by atomic mass is 16.5. The Morgan fingerprint density at radius 1 is 1.30 bits per heavy atom. The summed E-state index contributed by atoms with van der Waals surface area (Å²) in [6, 6.07) is 6.45. The van der Waals surface area contributed by atoms with Gasteiger partial charge in [-0.15, -0.1) is 0 Å². The number of piperidine rings is 1. The molecule has 0 bridgehead atoms. The average Bonchev–Trinajstić information content (AvgIpc) is 2.77. The number of aromatic nitrogens is 1. The highest BCUT2D eigenvalue weighted by Crippen LogP contribution is 2.29. The molecule has 1 saturated heterocycles. The van der Waals surface area contributed by atoms with Gasteiger partial charge in [-0.05, 0) is 69.0 Å². The molecule has 3 nitrogen and oxygen atoms in total. The van der Waals surface area contributed by atoms with Crippen LogP contribution in [0.2, 0.25) is 0 Å². The molecule has 1 aliphatic heterocycles. The molecule has 2 heterocycles. The van der Waals surface area contributed by atoms with Crippen LogP contribution < -0.4 is 10.1 Å². The van der Waals surface area contributed by atoms with Crippen LogP contribution in [0.3, 0.4) is 0 Å². The Balaban J connectivity index is 1.90. The number of nitrogens with one attached hydrogen (secondary N) is 1. The number of hydrogen-bond acceptors (Lipinski definition) is 2. The minimum absolute atomic E-state index is 0.724. The van der Waals surface area contributed by atoms with E-state index in [2.05, 4.69) is 41.3 Å². The van der Waals surface area contributed by atoms with E-state index in [9.17, 15) is 0 Å². The number of ether oxygens (including phenoxy) is 1. The third-order valence-corrected chi connectivity index (χ3v) is 4.32. The number of benzene rings is 1. The van der Waals surface area contributed by atoms with Gasteiger partial charge in [0.15, 0.2) is 0 Å². The van der Waals surface area contributed by atoms with Crippen molar-refractivity contribution in [3.63, 3.8) is 0 Å². The van der Waals surface area contributed by atoms with E-state index in [-0.39, 0.29) is 0 Å². The molecule has 0 spiro atoms. The predicted molar refractivity (Wildman–Crippen MR) is 83.4 cm³/mol. The largest absolute Gasteiger partial charge is 0.494 e. The highest BCUT2D eigenvalue weighted by molar-refractivity contribution is 5.85. The summed E-state index contributed by atoms with van der Waals surface area (Å²) in [5.74, 6) is 1.80. The first-order valence-electron chi connectivity index (χ1n) is 7.69. The number of nitrogens with zero attached hydrogens (tertiary/aromatic N) is 1. The number of hydrogen-bond donors (Lipinski definition) is 1. The van der Waals surface area contributed by atoms with E-state index in [4.69, 9.17) is 4.74 Å². The lowest BCUT2D eigenvalue weighted by molar-refractivity contribution is 0.340. The van der Waals surface area contributed by atoms with Crippen LogP contribution in [0, 0.1) is 5.92 Å². The van der Waals surface area contributed by atoms with Crippen LogP contribution in [-0.4, -0.2) is 24.3 Å². The van der Waals surface area contributed by atoms with Crippen molar-refractivity contribution in [2.75, 3.05) is 19.7 Å². The normalized spacial score (nSPS) is 16.7. The maximum absolute atomic E-state index is 5.65. The fourth-order valence-electron chi connectivity index (χ4n) is 3.27. The Hall–Kier alpha value is -1.48. The van der Waals surface area contributed by atoms with Crippen molar-refractivity contribution in [1.82, 2.24) is 9.88 Å². The minimum atomic E-state index is 0.724. The van der Waals surface area contributed by atoms with Crippen molar-refractivity contribution in [3.05, 3.63) is 30.0 Å². The van der Waals surface area contributed by atoms with Gasteiger partial charge in [0.05, 0.1) is 6.61 Å². The second-order valence-electron chi connectivity index (χ2n) is 5.77. The molecule has 1 N–H and O–H groups in total. The first-order valence-corrected chi connectivity index (χ1v) is 7.69. The zero-order valence-corrected chi connectivity index (χ0v) is 12.5. The van der Waals surface area contributed by atoms with Gasteiger partial charge in [-0.1, -0.05) is 0 Å². The molecule has 1 aromatic heterocycles. The molecule has 0 saturated carbocycles. The van der Waals surface area contributed by atoms with Crippen LogP contribution in [0.5, 0.6) is 5.75 Å². The smallest absolute Gasteiger partial charge is 0.120 e. The lowest BCUT2D eigenvalue weighted by atomic mass is 9.91. The number of aryl methyl sites for hydroxylation is 1. The van der Waals surface area contributed by atoms with Crippen molar-refractivity contribution in [2.45, 2.75) is 26.2 Å². The summed E-state index contributed by atoms with van der Waals surface area (Å²) < 4.78 is 7.89. The molecule has 108 valence electrons. The molecule has 1 aliphatic rings. The molecule has 0 aliphatic carbocycles. The molecule has 0 amide bonds. The Kier molecular flexibility index (Phi) is 3.97. The molecule has 3 heteroatoms. The van der Waals surface area contributed by atoms with E-state index < -0.39 is 0 Å². The van der Waals surface area contributed by atoms with Crippen molar-refractivity contribution in [2.24, 2.45) is 13.0 Å². The number of fused-ring (bicyclic) bond motifs is 1. The van der Waals surface area contributed by atoms with Gasteiger partial charge in [-0.25, -0.2) is 0 Å². The van der Waals surface area contributed by atoms with E-state index in [0.29, 0.717) is 0 Å². The summed E-state index contributed by atoms with van der Waals surface area (Å²) in [5, 5.41) is 4.80. The van der Waals surface area contributed by atoms with Gasteiger partial charge in [0.1, 0.15) is 5.75 Å². The van der Waals surface area contributed by atoms with Crippen LogP contribution in [-0.2, 0) is 13.5 Å². The van der Waals surface area contributed by atoms with Gasteiger partial charge in [-0.3, -0.25) is 0 Å². The van der Waals surface area contributed by atoms with E-state index in [1.807, 2.05) is 6.92 Å². The van der Waals surface area contributed by atoms with E-state index in [1.54, 1.807) is 0 Å². The van der Waals surface area contributed by atoms with Gasteiger partial charge < -0.3 is 14.6 Å². The Morgan fingerprint density at radius 3 is 2.85 bits per heavy atom. The molecule has 1 fully saturated rings. The lowest BCUT2D eigenvalue weighted by Gasteiger charge is -2.22. The second-order valence-corrected chi connectivity index (χ2v) is 5.77. The quantitative estimate of drug-likeness (QED) is 0.925. The molecule has 1 aromatic carbocycles. The lowest BCUT2D eigenvalue weighted by Crippen LogP contribution is -2.28. The van der Waals surface area contributed by atoms with Crippen molar-refractivity contribution in [3.8, 4) is 5.75 Å². The van der Waals surface area contributed by atoms with Crippen LogP contribution in [0.25, 0.3) is 10.9 Å². The molecule has 0 radical (unpaired) electrons. The predicted octanol–water partition coefficient (Wildman–Crippen LogP) is 3.12. The topological polar surface area (TPSA) is 26.2 Å². The monoisotopic (exact) mass is 272 g/mol. The summed E-state index contributed by atoms with van der Waals surface area (Å²) in [7, 11) is 2.13. The third kappa shape index (κ3) is 2.68. The Labute approximate surface area is 120 Å². The summed E-state index contributed by atoms with van der Waals surface area (Å²) in [5.41, 5.74) is 2.77. The first kappa shape index (κ1) is 13.5. The summed E-state index contributed by atoms with van der Waals surface area (Å²) in [6.07, 6.45) is 6.07. The SMILES string of the molecule is CCOc1ccc2c(c1)c(CC1CCNCC1)cn2C. The fraction of sp³-hybridized carbons (Fsp3) is 0.529. The first-order chi connectivity index (χ1) is 9.78. The summed E-state index contributed by atoms with van der Waals surface area (Å²) >= 11 is 0. The van der Waals surface area contributed by atoms with Crippen LogP contribution in [0.1, 0.15) is 25.3 Å². The summed E-state index contributed by atoms with van der Waals surface area (Å²) in [6.45, 7) is 5.09. The Morgan fingerprint density at radius 2 is 2.10 bits per heavy atom. The van der Waals surface area contributed by atoms with Crippen molar-refractivity contribution >= 4 is 10.9 Å². The molecule has 0 unspecified atom stereocenters. The van der Waals surface area contributed by atoms with Gasteiger partial charge in [0.2, 0.25) is 0 Å². The number of rotatable bonds is 4. The molecule has 3 rings (SSSR count). The molecule has 0 atom stereocenters. The van der Waals surface area contributed by atoms with E-state index in [1.165, 1.54) is 48.8 Å². The van der Waals surface area contributed by atoms with E-state index in [0.717, 1.165) is 18.3 Å². The maximum Gasteiger partial charge on any atom is 0.120 e. The van der Waals surface area contributed by atoms with Crippen LogP contribution in [0.15, 0.2) is 24.4 Å². The maximum atomic E-state index is 5.65. The molecular formula is C17H24N2O. The Bertz CT molecular complexity index is 582. The molecular weight excluding hydrogens is 248 g/mol. The van der Waals surface area contributed by atoms with E-state index >= 15 is 0 Å². The zero-order valence-electron chi connectivity index (χ0n) is 12.5. The van der Waals surface area contributed by atoms with Gasteiger partial charge in [-0.2, -0.15) is 0 Å². The van der Waals surface area contributed by atoms with Gasteiger partial charge >= 0.3 is 0 Å². The van der Waals surface area contributed by atoms with Crippen molar-refractivity contribution < 1.29 is 4.74 Å². The van der Waals surface area contributed by atoms with Crippen LogP contribution in [0.4, 0.5) is 0 Å². The van der Waals surface area contributed by atoms with Gasteiger partial charge in [0, 0.05) is 24.1 Å². The standard InChI is InChI=1S/C17H24N2O/c1-3-20-15-4-5-17-16(11-15)14(12-19(17)2)10-13-6-8-18-9-7-13/h4-5,11-13,18H,3,6-10H2,1-2H3. The highest BCUT2D eigenvalue weighted by Gasteiger charge is 2.16. The van der Waals surface area contributed by atoms with Crippen molar-refractivity contribution in [1.29, 1.82) is 0 Å². The van der Waals surface area contributed by atoms with Gasteiger partial charge in [0.25, 0.3) is 0 Å². The molecule has 20 heavy (non-hydrogen) atoms. The minimum Gasteiger partial charge on any atom is -0.494 e. The summed E-state index contributed by atoms with van der Waals surface area (Å²) in [4.78, 5) is 0.